The molecule has 0 saturated carbocycles. The summed E-state index contributed by atoms with van der Waals surface area (Å²) in [5.41, 5.74) is 5.33. The molecule has 0 spiro atoms. The van der Waals surface area contributed by atoms with Gasteiger partial charge >= 0.3 is 19.8 Å². The number of hydrogen-bond donors (Lipinski definition) is 2. The molecule has 0 aromatic heterocycles. The number of esters is 2. The van der Waals surface area contributed by atoms with E-state index in [1.807, 2.05) is 0 Å². The van der Waals surface area contributed by atoms with Crippen LogP contribution >= 0.6 is 7.82 Å². The van der Waals surface area contributed by atoms with E-state index < -0.39 is 32.5 Å². The first-order chi connectivity index (χ1) is 24.3. The van der Waals surface area contributed by atoms with E-state index >= 15 is 0 Å². The van der Waals surface area contributed by atoms with Crippen LogP contribution in [0.3, 0.4) is 0 Å². The molecule has 0 heterocycles. The Kier molecular flexibility index (Phi) is 35.3. The highest BCUT2D eigenvalue weighted by Crippen LogP contribution is 2.43. The van der Waals surface area contributed by atoms with E-state index in [9.17, 15) is 19.0 Å². The summed E-state index contributed by atoms with van der Waals surface area (Å²) < 4.78 is 32.6. The second kappa shape index (κ2) is 36.8. The summed E-state index contributed by atoms with van der Waals surface area (Å²) in [6.07, 6.45) is 39.9. The van der Waals surface area contributed by atoms with Gasteiger partial charge in [0.2, 0.25) is 0 Å². The number of rotatable bonds is 36. The van der Waals surface area contributed by atoms with E-state index in [1.165, 1.54) is 51.4 Å². The van der Waals surface area contributed by atoms with Crippen LogP contribution in [-0.2, 0) is 32.7 Å². The van der Waals surface area contributed by atoms with Crippen molar-refractivity contribution in [1.82, 2.24) is 0 Å². The number of ether oxygens (including phenoxy) is 2. The van der Waals surface area contributed by atoms with Crippen LogP contribution in [0.1, 0.15) is 162 Å². The maximum absolute atomic E-state index is 12.5. The van der Waals surface area contributed by atoms with Gasteiger partial charge in [-0.15, -0.1) is 0 Å². The SMILES string of the molecule is CCCCC/C=C/C/C=C/C/C=C/CCCCCCC(=O)O[C@H](COC(=O)CCCCCCC/C=C/CCCCC)COP(=O)(O)OCCN. The fourth-order valence-corrected chi connectivity index (χ4v) is 5.75. The van der Waals surface area contributed by atoms with Crippen molar-refractivity contribution in [2.45, 2.75) is 168 Å². The summed E-state index contributed by atoms with van der Waals surface area (Å²) in [4.78, 5) is 34.7. The van der Waals surface area contributed by atoms with Crippen LogP contribution in [0, 0.1) is 0 Å². The van der Waals surface area contributed by atoms with Crippen molar-refractivity contribution in [3.63, 3.8) is 0 Å². The number of hydrogen-bond acceptors (Lipinski definition) is 8. The molecule has 10 heteroatoms. The molecule has 3 N–H and O–H groups in total. The third kappa shape index (κ3) is 35.8. The number of phosphoric acid groups is 1. The Labute approximate surface area is 305 Å². The van der Waals surface area contributed by atoms with Crippen LogP contribution in [0.5, 0.6) is 0 Å². The first-order valence-electron chi connectivity index (χ1n) is 19.6. The van der Waals surface area contributed by atoms with Gasteiger partial charge in [0.05, 0.1) is 13.2 Å². The minimum atomic E-state index is -4.38. The van der Waals surface area contributed by atoms with Crippen LogP contribution in [0.2, 0.25) is 0 Å². The molecular formula is C40H72NO8P. The number of carbonyl (C=O) groups is 2. The molecular weight excluding hydrogens is 653 g/mol. The first-order valence-corrected chi connectivity index (χ1v) is 21.1. The Morgan fingerprint density at radius 1 is 0.600 bits per heavy atom. The van der Waals surface area contributed by atoms with E-state index in [2.05, 4.69) is 62.5 Å². The molecule has 9 nitrogen and oxygen atoms in total. The Balaban J connectivity index is 4.28. The maximum Gasteiger partial charge on any atom is 0.472 e. The molecule has 0 aliphatic heterocycles. The zero-order chi connectivity index (χ0) is 36.8. The minimum absolute atomic E-state index is 0.0467. The van der Waals surface area contributed by atoms with Crippen molar-refractivity contribution in [2.75, 3.05) is 26.4 Å². The van der Waals surface area contributed by atoms with E-state index in [0.29, 0.717) is 6.42 Å². The summed E-state index contributed by atoms with van der Waals surface area (Å²) >= 11 is 0. The van der Waals surface area contributed by atoms with Gasteiger partial charge in [0.15, 0.2) is 6.10 Å². The van der Waals surface area contributed by atoms with E-state index in [1.54, 1.807) is 0 Å². The maximum atomic E-state index is 12.5. The number of unbranched alkanes of at least 4 members (excludes halogenated alkanes) is 15. The first kappa shape index (κ1) is 48.0. The van der Waals surface area contributed by atoms with Gasteiger partial charge in [0.25, 0.3) is 0 Å². The third-order valence-corrected chi connectivity index (χ3v) is 8.92. The topological polar surface area (TPSA) is 134 Å². The molecule has 0 amide bonds. The molecule has 0 saturated heterocycles. The molecule has 0 aromatic carbocycles. The lowest BCUT2D eigenvalue weighted by atomic mass is 10.1. The summed E-state index contributed by atoms with van der Waals surface area (Å²) in [6.45, 7) is 3.62. The molecule has 290 valence electrons. The van der Waals surface area contributed by atoms with Gasteiger partial charge in [-0.2, -0.15) is 0 Å². The van der Waals surface area contributed by atoms with E-state index in [-0.39, 0.29) is 32.6 Å². The number of phosphoric ester groups is 1. The average Bonchev–Trinajstić information content (AvgIpc) is 3.10. The number of allylic oxidation sites excluding steroid dienone is 8. The van der Waals surface area contributed by atoms with Crippen molar-refractivity contribution in [3.8, 4) is 0 Å². The average molecular weight is 726 g/mol. The normalized spacial score (nSPS) is 13.9. The summed E-state index contributed by atoms with van der Waals surface area (Å²) in [5.74, 6) is -0.869. The van der Waals surface area contributed by atoms with Gasteiger partial charge in [0.1, 0.15) is 6.61 Å². The molecule has 2 atom stereocenters. The Morgan fingerprint density at radius 3 is 1.56 bits per heavy atom. The van der Waals surface area contributed by atoms with Gasteiger partial charge in [-0.05, 0) is 77.0 Å². The van der Waals surface area contributed by atoms with Crippen LogP contribution in [0.25, 0.3) is 0 Å². The highest BCUT2D eigenvalue weighted by atomic mass is 31.2. The summed E-state index contributed by atoms with van der Waals surface area (Å²) in [5, 5.41) is 0. The third-order valence-electron chi connectivity index (χ3n) is 7.94. The minimum Gasteiger partial charge on any atom is -0.462 e. The van der Waals surface area contributed by atoms with Gasteiger partial charge in [-0.3, -0.25) is 18.6 Å². The van der Waals surface area contributed by atoms with Gasteiger partial charge in [-0.25, -0.2) is 4.57 Å². The molecule has 0 rings (SSSR count). The van der Waals surface area contributed by atoms with Gasteiger partial charge < -0.3 is 20.1 Å². The molecule has 1 unspecified atom stereocenters. The number of carbonyl (C=O) groups excluding carboxylic acids is 2. The van der Waals surface area contributed by atoms with Crippen molar-refractivity contribution in [1.29, 1.82) is 0 Å². The Bertz CT molecular complexity index is 965. The predicted octanol–water partition coefficient (Wildman–Crippen LogP) is 10.8. The van der Waals surface area contributed by atoms with Crippen LogP contribution in [0.15, 0.2) is 48.6 Å². The fourth-order valence-electron chi connectivity index (χ4n) is 4.99. The fraction of sp³-hybridized carbons (Fsp3) is 0.750. The van der Waals surface area contributed by atoms with E-state index in [0.717, 1.165) is 77.0 Å². The zero-order valence-corrected chi connectivity index (χ0v) is 32.5. The number of nitrogens with two attached hydrogens (primary N) is 1. The molecule has 0 fully saturated rings. The summed E-state index contributed by atoms with van der Waals surface area (Å²) in [6, 6.07) is 0. The van der Waals surface area contributed by atoms with Crippen LogP contribution < -0.4 is 5.73 Å². The van der Waals surface area contributed by atoms with Crippen molar-refractivity contribution in [2.24, 2.45) is 5.73 Å². The standard InChI is InChI=1S/C40H72NO8P/c1-3-5-7-9-11-13-15-17-18-19-20-21-23-25-27-29-31-33-40(43)49-38(37-48-50(44,45)47-35-34-41)36-46-39(42)32-30-28-26-24-22-16-14-12-10-8-6-4-2/h11-14,17-18,20-21,38H,3-10,15-16,19,22-37,41H2,1-2H3,(H,44,45)/b13-11+,14-12+,18-17+,21-20+/t38-/m1/s1. The van der Waals surface area contributed by atoms with E-state index in [4.69, 9.17) is 24.3 Å². The monoisotopic (exact) mass is 725 g/mol. The molecule has 0 radical (unpaired) electrons. The van der Waals surface area contributed by atoms with Crippen molar-refractivity contribution >= 4 is 19.8 Å². The second-order valence-corrected chi connectivity index (χ2v) is 14.2. The zero-order valence-electron chi connectivity index (χ0n) is 31.6. The van der Waals surface area contributed by atoms with Gasteiger partial charge in [-0.1, -0.05) is 120 Å². The predicted molar refractivity (Wildman–Crippen MR) is 206 cm³/mol. The lowest BCUT2D eigenvalue weighted by molar-refractivity contribution is -0.161. The Morgan fingerprint density at radius 2 is 1.04 bits per heavy atom. The Hall–Kier alpha value is -2.03. The highest BCUT2D eigenvalue weighted by Gasteiger charge is 2.25. The molecule has 50 heavy (non-hydrogen) atoms. The van der Waals surface area contributed by atoms with Crippen molar-refractivity contribution < 1.29 is 37.6 Å². The molecule has 0 aliphatic carbocycles. The summed E-state index contributed by atoms with van der Waals surface area (Å²) in [7, 11) is -4.38. The van der Waals surface area contributed by atoms with Gasteiger partial charge in [0, 0.05) is 19.4 Å². The lowest BCUT2D eigenvalue weighted by Crippen LogP contribution is -2.29. The van der Waals surface area contributed by atoms with Crippen molar-refractivity contribution in [3.05, 3.63) is 48.6 Å². The smallest absolute Gasteiger partial charge is 0.462 e. The molecule has 0 aliphatic rings. The second-order valence-electron chi connectivity index (χ2n) is 12.8. The molecule has 0 aromatic rings. The largest absolute Gasteiger partial charge is 0.472 e. The quantitative estimate of drug-likeness (QED) is 0.0280. The van der Waals surface area contributed by atoms with Crippen LogP contribution in [-0.4, -0.2) is 49.3 Å². The highest BCUT2D eigenvalue weighted by molar-refractivity contribution is 7.47. The van der Waals surface area contributed by atoms with Crippen LogP contribution in [0.4, 0.5) is 0 Å². The lowest BCUT2D eigenvalue weighted by Gasteiger charge is -2.19. The molecule has 0 bridgehead atoms.